The molecule has 0 amide bonds. The quantitative estimate of drug-likeness (QED) is 0.237. The van der Waals surface area contributed by atoms with Crippen molar-refractivity contribution in [2.75, 3.05) is 4.90 Å². The van der Waals surface area contributed by atoms with Crippen LogP contribution in [0.25, 0.3) is 51.2 Å². The molecule has 0 saturated heterocycles. The van der Waals surface area contributed by atoms with Gasteiger partial charge in [0.25, 0.3) is 0 Å². The van der Waals surface area contributed by atoms with E-state index in [0.717, 1.165) is 50.9 Å². The molecule has 4 aromatic carbocycles. The van der Waals surface area contributed by atoms with E-state index < -0.39 is 0 Å². The number of imidazole rings is 1. The highest BCUT2D eigenvalue weighted by molar-refractivity contribution is 6.10. The molecule has 0 unspecified atom stereocenters. The van der Waals surface area contributed by atoms with Crippen LogP contribution < -0.4 is 4.90 Å². The number of benzene rings is 4. The molecule has 40 heavy (non-hydrogen) atoms. The number of nitrogens with zero attached hydrogens (tertiary/aromatic N) is 5. The zero-order valence-corrected chi connectivity index (χ0v) is 21.9. The second-order valence-corrected chi connectivity index (χ2v) is 10.1. The lowest BCUT2D eigenvalue weighted by molar-refractivity contribution is 0.925. The Bertz CT molecular complexity index is 2080. The van der Waals surface area contributed by atoms with Crippen molar-refractivity contribution >= 4 is 51.0 Å². The topological polar surface area (TPSA) is 38.9 Å². The molecular formula is C35H25N5. The fourth-order valence-electron chi connectivity index (χ4n) is 5.91. The van der Waals surface area contributed by atoms with Crippen LogP contribution in [-0.4, -0.2) is 19.1 Å². The van der Waals surface area contributed by atoms with E-state index in [9.17, 15) is 0 Å². The van der Waals surface area contributed by atoms with E-state index >= 15 is 0 Å². The van der Waals surface area contributed by atoms with E-state index in [4.69, 9.17) is 4.98 Å². The van der Waals surface area contributed by atoms with Crippen LogP contribution in [0.5, 0.6) is 0 Å². The summed E-state index contributed by atoms with van der Waals surface area (Å²) in [4.78, 5) is 11.7. The maximum atomic E-state index is 4.73. The number of anilines is 3. The van der Waals surface area contributed by atoms with Crippen LogP contribution in [0.3, 0.4) is 0 Å². The lowest BCUT2D eigenvalue weighted by Gasteiger charge is -2.28. The predicted octanol–water partition coefficient (Wildman–Crippen LogP) is 8.53. The highest BCUT2D eigenvalue weighted by atomic mass is 15.2. The molecule has 0 fully saturated rings. The van der Waals surface area contributed by atoms with Crippen molar-refractivity contribution in [3.8, 4) is 17.2 Å². The lowest BCUT2D eigenvalue weighted by Crippen LogP contribution is -2.12. The summed E-state index contributed by atoms with van der Waals surface area (Å²) < 4.78 is 4.32. The summed E-state index contributed by atoms with van der Waals surface area (Å²) in [6, 6.07) is 36.6. The molecule has 190 valence electrons. The van der Waals surface area contributed by atoms with Crippen molar-refractivity contribution in [2.45, 2.75) is 0 Å². The fraction of sp³-hybridized carbons (Fsp3) is 0.0286. The van der Waals surface area contributed by atoms with E-state index in [1.807, 2.05) is 37.8 Å². The van der Waals surface area contributed by atoms with Crippen LogP contribution in [0.1, 0.15) is 11.1 Å². The van der Waals surface area contributed by atoms with Crippen molar-refractivity contribution in [2.24, 2.45) is 7.05 Å². The molecule has 0 bridgehead atoms. The van der Waals surface area contributed by atoms with Gasteiger partial charge in [0.2, 0.25) is 0 Å². The smallest absolute Gasteiger partial charge is 0.139 e. The van der Waals surface area contributed by atoms with Gasteiger partial charge in [0, 0.05) is 47.7 Å². The van der Waals surface area contributed by atoms with Gasteiger partial charge in [-0.25, -0.2) is 9.97 Å². The largest absolute Gasteiger partial charge is 0.334 e. The summed E-state index contributed by atoms with van der Waals surface area (Å²) in [6.07, 6.45) is 10.1. The molecule has 0 N–H and O–H groups in total. The Morgan fingerprint density at radius 1 is 0.600 bits per heavy atom. The Morgan fingerprint density at radius 2 is 1.40 bits per heavy atom. The molecular weight excluding hydrogens is 490 g/mol. The van der Waals surface area contributed by atoms with Crippen LogP contribution in [0, 0.1) is 0 Å². The van der Waals surface area contributed by atoms with Crippen molar-refractivity contribution in [1.82, 2.24) is 19.1 Å². The molecule has 0 atom stereocenters. The predicted molar refractivity (Wildman–Crippen MR) is 164 cm³/mol. The Kier molecular flexibility index (Phi) is 4.97. The molecule has 1 aliphatic rings. The van der Waals surface area contributed by atoms with Gasteiger partial charge in [0.1, 0.15) is 11.6 Å². The second kappa shape index (κ2) is 8.82. The summed E-state index contributed by atoms with van der Waals surface area (Å²) in [5.74, 6) is 1.84. The van der Waals surface area contributed by atoms with Gasteiger partial charge in [0.05, 0.1) is 22.4 Å². The highest BCUT2D eigenvalue weighted by Crippen LogP contribution is 2.45. The van der Waals surface area contributed by atoms with Crippen LogP contribution >= 0.6 is 0 Å². The normalized spacial score (nSPS) is 12.5. The van der Waals surface area contributed by atoms with Crippen LogP contribution in [-0.2, 0) is 7.05 Å². The number of hydrogen-bond acceptors (Lipinski definition) is 3. The number of aryl methyl sites for hydroxylation is 1. The Balaban J connectivity index is 1.42. The maximum Gasteiger partial charge on any atom is 0.139 e. The summed E-state index contributed by atoms with van der Waals surface area (Å²) in [5, 5.41) is 2.42. The first-order valence-corrected chi connectivity index (χ1v) is 13.4. The third-order valence-corrected chi connectivity index (χ3v) is 7.76. The number of fused-ring (bicyclic) bond motifs is 5. The van der Waals surface area contributed by atoms with Gasteiger partial charge >= 0.3 is 0 Å². The van der Waals surface area contributed by atoms with Gasteiger partial charge < -0.3 is 9.47 Å². The number of pyridine rings is 1. The summed E-state index contributed by atoms with van der Waals surface area (Å²) >= 11 is 0. The van der Waals surface area contributed by atoms with Crippen LogP contribution in [0.15, 0.2) is 122 Å². The third kappa shape index (κ3) is 3.41. The summed E-state index contributed by atoms with van der Waals surface area (Å²) in [7, 11) is 2.03. The summed E-state index contributed by atoms with van der Waals surface area (Å²) in [5.41, 5.74) is 8.99. The van der Waals surface area contributed by atoms with E-state index in [-0.39, 0.29) is 0 Å². The molecule has 5 heteroatoms. The Morgan fingerprint density at radius 3 is 2.25 bits per heavy atom. The first-order chi connectivity index (χ1) is 19.8. The van der Waals surface area contributed by atoms with Crippen molar-refractivity contribution in [3.63, 3.8) is 0 Å². The zero-order valence-electron chi connectivity index (χ0n) is 21.9. The number of hydrogen-bond donors (Lipinski definition) is 0. The van der Waals surface area contributed by atoms with Gasteiger partial charge in [-0.3, -0.25) is 4.57 Å². The van der Waals surface area contributed by atoms with Gasteiger partial charge in [0.15, 0.2) is 0 Å². The first-order valence-electron chi connectivity index (χ1n) is 13.4. The number of aromatic nitrogens is 4. The molecule has 1 aliphatic heterocycles. The second-order valence-electron chi connectivity index (χ2n) is 10.1. The maximum absolute atomic E-state index is 4.73. The third-order valence-electron chi connectivity index (χ3n) is 7.76. The molecule has 3 aromatic heterocycles. The minimum Gasteiger partial charge on any atom is -0.334 e. The van der Waals surface area contributed by atoms with Crippen LogP contribution in [0.4, 0.5) is 17.1 Å². The van der Waals surface area contributed by atoms with E-state index in [1.54, 1.807) is 0 Å². The van der Waals surface area contributed by atoms with Gasteiger partial charge in [-0.1, -0.05) is 72.8 Å². The van der Waals surface area contributed by atoms with Gasteiger partial charge in [-0.15, -0.1) is 0 Å². The van der Waals surface area contributed by atoms with E-state index in [2.05, 4.69) is 122 Å². The van der Waals surface area contributed by atoms with Crippen molar-refractivity contribution < 1.29 is 0 Å². The minimum atomic E-state index is 0.904. The molecule has 0 saturated carbocycles. The first kappa shape index (κ1) is 22.6. The molecule has 4 heterocycles. The zero-order chi connectivity index (χ0) is 26.6. The average molecular weight is 516 g/mol. The molecule has 0 aliphatic carbocycles. The fourth-order valence-corrected chi connectivity index (χ4v) is 5.91. The van der Waals surface area contributed by atoms with Crippen molar-refractivity contribution in [1.29, 1.82) is 0 Å². The Labute approximate surface area is 231 Å². The monoisotopic (exact) mass is 515 g/mol. The minimum absolute atomic E-state index is 0.904. The van der Waals surface area contributed by atoms with Gasteiger partial charge in [-0.05, 0) is 53.6 Å². The van der Waals surface area contributed by atoms with Gasteiger partial charge in [-0.2, -0.15) is 0 Å². The van der Waals surface area contributed by atoms with E-state index in [0.29, 0.717) is 0 Å². The SMILES string of the molecule is Cn1ccnc1-c1ccc2c(c1)N(c1ccc3c4ccccc4n(-c4ccccn4)c3c1)c1ccccc1C=C2. The standard InChI is InChI=1S/C35H25N5/c1-38-21-20-37-35(38)26-16-15-25-14-13-24-8-2-4-10-30(24)39(32(25)22-26)27-17-18-29-28-9-3-5-11-31(28)40(33(29)23-27)34-12-6-7-19-36-34/h2-23H,1H3. The highest BCUT2D eigenvalue weighted by Gasteiger charge is 2.23. The van der Waals surface area contributed by atoms with Crippen LogP contribution in [0.2, 0.25) is 0 Å². The summed E-state index contributed by atoms with van der Waals surface area (Å²) in [6.45, 7) is 0. The average Bonchev–Trinajstić information content (AvgIpc) is 3.53. The lowest BCUT2D eigenvalue weighted by atomic mass is 10.1. The molecule has 8 rings (SSSR count). The number of rotatable bonds is 3. The molecule has 0 radical (unpaired) electrons. The Hall–Kier alpha value is -5.42. The molecule has 5 nitrogen and oxygen atoms in total. The van der Waals surface area contributed by atoms with E-state index in [1.165, 1.54) is 16.3 Å². The molecule has 0 spiro atoms. The molecule has 7 aromatic rings. The number of para-hydroxylation sites is 2. The van der Waals surface area contributed by atoms with Crippen molar-refractivity contribution in [3.05, 3.63) is 133 Å².